The lowest BCUT2D eigenvalue weighted by Crippen LogP contribution is -2.56. The summed E-state index contributed by atoms with van der Waals surface area (Å²) < 4.78 is 44.8. The Bertz CT molecular complexity index is 621. The highest BCUT2D eigenvalue weighted by atomic mass is 19.4. The molecule has 146 valence electrons. The summed E-state index contributed by atoms with van der Waals surface area (Å²) in [6.45, 7) is 7.23. The van der Waals surface area contributed by atoms with Crippen LogP contribution < -0.4 is 4.90 Å². The summed E-state index contributed by atoms with van der Waals surface area (Å²) in [5.74, 6) is -1.03. The molecule has 0 amide bonds. The van der Waals surface area contributed by atoms with Crippen molar-refractivity contribution in [1.82, 2.24) is 14.9 Å². The lowest BCUT2D eigenvalue weighted by molar-refractivity contribution is -0.145. The van der Waals surface area contributed by atoms with E-state index < -0.39 is 18.1 Å². The third-order valence-corrected chi connectivity index (χ3v) is 4.96. The van der Waals surface area contributed by atoms with Gasteiger partial charge in [-0.3, -0.25) is 4.90 Å². The zero-order valence-electron chi connectivity index (χ0n) is 15.0. The number of morpholine rings is 1. The number of halogens is 3. The van der Waals surface area contributed by atoms with E-state index in [1.807, 2.05) is 0 Å². The summed E-state index contributed by atoms with van der Waals surface area (Å²) in [5, 5.41) is 10.6. The van der Waals surface area contributed by atoms with Crippen molar-refractivity contribution in [3.8, 4) is 0 Å². The molecule has 0 aliphatic carbocycles. The van der Waals surface area contributed by atoms with Gasteiger partial charge in [0.15, 0.2) is 0 Å². The SMILES string of the molecule is CC(C)c1cc(N2CC[C@@H](N3CCOCC3)[C@H](O)C2)nc(C(F)(F)F)n1. The number of β-amino-alcohol motifs (C(OH)–C–C–N with tert-alkyl or cyclic N) is 1. The number of hydrogen-bond donors (Lipinski definition) is 1. The third-order valence-electron chi connectivity index (χ3n) is 4.96. The van der Waals surface area contributed by atoms with Crippen LogP contribution in [0.3, 0.4) is 0 Å². The second-order valence-corrected chi connectivity index (χ2v) is 7.14. The molecule has 9 heteroatoms. The number of aromatic nitrogens is 2. The van der Waals surface area contributed by atoms with E-state index in [1.165, 1.54) is 0 Å². The standard InChI is InChI=1S/C17H25F3N4O2/c1-11(2)12-9-15(22-16(21-12)17(18,19)20)24-4-3-13(14(25)10-24)23-5-7-26-8-6-23/h9,11,13-14,25H,3-8,10H2,1-2H3/t13-,14-/m1/s1. The molecule has 0 bridgehead atoms. The van der Waals surface area contributed by atoms with Crippen LogP contribution in [0, 0.1) is 0 Å². The lowest BCUT2D eigenvalue weighted by atomic mass is 9.99. The summed E-state index contributed by atoms with van der Waals surface area (Å²) in [6.07, 6.45) is -4.57. The zero-order valence-corrected chi connectivity index (χ0v) is 15.0. The second-order valence-electron chi connectivity index (χ2n) is 7.14. The molecule has 0 saturated carbocycles. The molecule has 0 spiro atoms. The predicted octanol–water partition coefficient (Wildman–Crippen LogP) is 1.89. The van der Waals surface area contributed by atoms with Gasteiger partial charge in [-0.2, -0.15) is 13.2 Å². The van der Waals surface area contributed by atoms with Gasteiger partial charge in [-0.25, -0.2) is 9.97 Å². The molecule has 3 heterocycles. The summed E-state index contributed by atoms with van der Waals surface area (Å²) in [7, 11) is 0. The minimum Gasteiger partial charge on any atom is -0.390 e. The van der Waals surface area contributed by atoms with Crippen LogP contribution in [-0.4, -0.2) is 71.5 Å². The van der Waals surface area contributed by atoms with Crippen LogP contribution in [-0.2, 0) is 10.9 Å². The van der Waals surface area contributed by atoms with Gasteiger partial charge in [-0.05, 0) is 12.3 Å². The van der Waals surface area contributed by atoms with E-state index in [1.54, 1.807) is 24.8 Å². The molecule has 0 unspecified atom stereocenters. The summed E-state index contributed by atoms with van der Waals surface area (Å²) in [6, 6.07) is 1.60. The molecule has 0 radical (unpaired) electrons. The highest BCUT2D eigenvalue weighted by Crippen LogP contribution is 2.31. The number of ether oxygens (including phenoxy) is 1. The molecule has 2 aliphatic rings. The Kier molecular flexibility index (Phi) is 5.69. The molecule has 26 heavy (non-hydrogen) atoms. The Balaban J connectivity index is 1.78. The Labute approximate surface area is 151 Å². The average Bonchev–Trinajstić information content (AvgIpc) is 2.61. The third kappa shape index (κ3) is 4.27. The number of nitrogens with zero attached hydrogens (tertiary/aromatic N) is 4. The minimum absolute atomic E-state index is 0.00337. The fourth-order valence-corrected chi connectivity index (χ4v) is 3.50. The number of anilines is 1. The number of aliphatic hydroxyl groups is 1. The van der Waals surface area contributed by atoms with E-state index in [4.69, 9.17) is 4.74 Å². The van der Waals surface area contributed by atoms with Gasteiger partial charge in [0.2, 0.25) is 5.82 Å². The number of alkyl halides is 3. The van der Waals surface area contributed by atoms with Gasteiger partial charge in [0.1, 0.15) is 5.82 Å². The first-order valence-corrected chi connectivity index (χ1v) is 8.96. The van der Waals surface area contributed by atoms with E-state index >= 15 is 0 Å². The molecule has 3 rings (SSSR count). The van der Waals surface area contributed by atoms with Crippen LogP contribution in [0.5, 0.6) is 0 Å². The molecule has 2 atom stereocenters. The fraction of sp³-hybridized carbons (Fsp3) is 0.765. The van der Waals surface area contributed by atoms with Crippen molar-refractivity contribution in [2.75, 3.05) is 44.3 Å². The zero-order chi connectivity index (χ0) is 18.9. The van der Waals surface area contributed by atoms with Gasteiger partial charge < -0.3 is 14.7 Å². The number of piperidine rings is 1. The molecule has 1 aromatic heterocycles. The first kappa shape index (κ1) is 19.3. The minimum atomic E-state index is -4.59. The van der Waals surface area contributed by atoms with Gasteiger partial charge in [0.25, 0.3) is 0 Å². The maximum absolute atomic E-state index is 13.1. The molecule has 1 aromatic rings. The molecule has 2 saturated heterocycles. The second kappa shape index (κ2) is 7.66. The number of rotatable bonds is 3. The highest BCUT2D eigenvalue weighted by Gasteiger charge is 2.37. The molecular weight excluding hydrogens is 349 g/mol. The molecule has 2 fully saturated rings. The maximum Gasteiger partial charge on any atom is 0.451 e. The van der Waals surface area contributed by atoms with Crippen LogP contribution >= 0.6 is 0 Å². The van der Waals surface area contributed by atoms with Crippen molar-refractivity contribution >= 4 is 5.82 Å². The van der Waals surface area contributed by atoms with E-state index in [0.29, 0.717) is 31.9 Å². The summed E-state index contributed by atoms with van der Waals surface area (Å²) in [4.78, 5) is 11.3. The summed E-state index contributed by atoms with van der Waals surface area (Å²) in [5.41, 5.74) is 0.354. The van der Waals surface area contributed by atoms with E-state index in [2.05, 4.69) is 14.9 Å². The van der Waals surface area contributed by atoms with Crippen LogP contribution in [0.4, 0.5) is 19.0 Å². The predicted molar refractivity (Wildman–Crippen MR) is 90.1 cm³/mol. The van der Waals surface area contributed by atoms with Gasteiger partial charge >= 0.3 is 6.18 Å². The van der Waals surface area contributed by atoms with Crippen molar-refractivity contribution in [3.63, 3.8) is 0 Å². The molecule has 2 aliphatic heterocycles. The quantitative estimate of drug-likeness (QED) is 0.872. The van der Waals surface area contributed by atoms with Crippen LogP contribution in [0.15, 0.2) is 6.07 Å². The van der Waals surface area contributed by atoms with Crippen molar-refractivity contribution in [3.05, 3.63) is 17.6 Å². The smallest absolute Gasteiger partial charge is 0.390 e. The first-order valence-electron chi connectivity index (χ1n) is 8.96. The Morgan fingerprint density at radius 1 is 1.19 bits per heavy atom. The van der Waals surface area contributed by atoms with Crippen molar-refractivity contribution < 1.29 is 23.0 Å². The lowest BCUT2D eigenvalue weighted by Gasteiger charge is -2.43. The Morgan fingerprint density at radius 3 is 2.46 bits per heavy atom. The van der Waals surface area contributed by atoms with Crippen molar-refractivity contribution in [2.45, 2.75) is 44.5 Å². The number of aliphatic hydroxyl groups excluding tert-OH is 1. The van der Waals surface area contributed by atoms with Crippen molar-refractivity contribution in [2.24, 2.45) is 0 Å². The topological polar surface area (TPSA) is 61.7 Å². The highest BCUT2D eigenvalue weighted by molar-refractivity contribution is 5.42. The fourth-order valence-electron chi connectivity index (χ4n) is 3.50. The van der Waals surface area contributed by atoms with E-state index in [9.17, 15) is 18.3 Å². The first-order chi connectivity index (χ1) is 12.3. The monoisotopic (exact) mass is 374 g/mol. The van der Waals surface area contributed by atoms with E-state index in [0.717, 1.165) is 13.1 Å². The Morgan fingerprint density at radius 2 is 1.88 bits per heavy atom. The van der Waals surface area contributed by atoms with Gasteiger partial charge in [0, 0.05) is 44.0 Å². The normalized spacial score (nSPS) is 25.7. The Hall–Kier alpha value is -1.45. The molecule has 1 N–H and O–H groups in total. The van der Waals surface area contributed by atoms with Gasteiger partial charge in [0.05, 0.1) is 19.3 Å². The maximum atomic E-state index is 13.1. The molecular formula is C17H25F3N4O2. The van der Waals surface area contributed by atoms with Crippen LogP contribution in [0.2, 0.25) is 0 Å². The van der Waals surface area contributed by atoms with Crippen LogP contribution in [0.25, 0.3) is 0 Å². The van der Waals surface area contributed by atoms with Crippen molar-refractivity contribution in [1.29, 1.82) is 0 Å². The molecule has 0 aromatic carbocycles. The van der Waals surface area contributed by atoms with Gasteiger partial charge in [-0.15, -0.1) is 0 Å². The van der Waals surface area contributed by atoms with Crippen LogP contribution in [0.1, 0.15) is 37.7 Å². The average molecular weight is 374 g/mol. The molecule has 6 nitrogen and oxygen atoms in total. The number of hydrogen-bond acceptors (Lipinski definition) is 6. The van der Waals surface area contributed by atoms with E-state index in [-0.39, 0.29) is 24.3 Å². The summed E-state index contributed by atoms with van der Waals surface area (Å²) >= 11 is 0. The largest absolute Gasteiger partial charge is 0.451 e. The van der Waals surface area contributed by atoms with Gasteiger partial charge in [-0.1, -0.05) is 13.8 Å².